The average Bonchev–Trinajstić information content (AvgIpc) is 1.37. The first-order valence-corrected chi connectivity index (χ1v) is 2.94. The maximum atomic E-state index is 7.91. The minimum absolute atomic E-state index is 0. The standard InChI is InChI=1S/C2H8OSi.Zr/c3-1-2-4;/h3H,1-2H2,4H3;. The van der Waals surface area contributed by atoms with Gasteiger partial charge in [-0.25, -0.2) is 0 Å². The van der Waals surface area contributed by atoms with Gasteiger partial charge in [0.2, 0.25) is 0 Å². The van der Waals surface area contributed by atoms with Crippen molar-refractivity contribution in [3.05, 3.63) is 0 Å². The van der Waals surface area contributed by atoms with Gasteiger partial charge in [-0.2, -0.15) is 0 Å². The zero-order chi connectivity index (χ0) is 3.41. The molecule has 0 rings (SSSR count). The van der Waals surface area contributed by atoms with Gasteiger partial charge in [0.15, 0.2) is 0 Å². The van der Waals surface area contributed by atoms with E-state index in [4.69, 9.17) is 5.11 Å². The molecule has 0 radical (unpaired) electrons. The third-order valence-corrected chi connectivity index (χ3v) is 0.671. The molecule has 0 amide bonds. The fourth-order valence-corrected chi connectivity index (χ4v) is 0. The van der Waals surface area contributed by atoms with Crippen molar-refractivity contribution in [1.82, 2.24) is 0 Å². The molecule has 0 saturated carbocycles. The van der Waals surface area contributed by atoms with Gasteiger partial charge in [0.1, 0.15) is 0 Å². The van der Waals surface area contributed by atoms with E-state index in [0.717, 1.165) is 16.3 Å². The molecule has 0 aromatic rings. The Hall–Kier alpha value is 1.06. The van der Waals surface area contributed by atoms with Gasteiger partial charge in [-0.1, -0.05) is 0 Å². The van der Waals surface area contributed by atoms with Gasteiger partial charge in [0, 0.05) is 43.1 Å². The van der Waals surface area contributed by atoms with Gasteiger partial charge in [-0.3, -0.25) is 0 Å². The molecule has 0 fully saturated rings. The molecule has 0 aliphatic heterocycles. The third kappa shape index (κ3) is 11.2. The van der Waals surface area contributed by atoms with Crippen molar-refractivity contribution in [3.8, 4) is 0 Å². The second-order valence-electron chi connectivity index (χ2n) is 0.724. The van der Waals surface area contributed by atoms with Crippen molar-refractivity contribution in [1.29, 1.82) is 0 Å². The van der Waals surface area contributed by atoms with Gasteiger partial charge < -0.3 is 5.11 Å². The Kier molecular flexibility index (Phi) is 16.8. The van der Waals surface area contributed by atoms with Crippen LogP contribution in [0, 0.1) is 0 Å². The van der Waals surface area contributed by atoms with Gasteiger partial charge in [-0.05, 0) is 6.04 Å². The molecule has 0 unspecified atom stereocenters. The predicted octanol–water partition coefficient (Wildman–Crippen LogP) is -1.24. The molecule has 0 aliphatic carbocycles. The van der Waals surface area contributed by atoms with E-state index in [1.54, 1.807) is 0 Å². The summed E-state index contributed by atoms with van der Waals surface area (Å²) in [5.74, 6) is 0. The fourth-order valence-electron chi connectivity index (χ4n) is 0. The Morgan fingerprint density at radius 3 is 1.80 bits per heavy atom. The fraction of sp³-hybridized carbons (Fsp3) is 1.00. The van der Waals surface area contributed by atoms with Gasteiger partial charge >= 0.3 is 0 Å². The number of aliphatic hydroxyl groups excluding tert-OH is 1. The molecule has 30 valence electrons. The molecular weight excluding hydrogens is 159 g/mol. The minimum Gasteiger partial charge on any atom is -0.397 e. The summed E-state index contributed by atoms with van der Waals surface area (Å²) in [6.45, 7) is 0.381. The first-order chi connectivity index (χ1) is 1.91. The smallest absolute Gasteiger partial charge is 0.0399 e. The third-order valence-electron chi connectivity index (χ3n) is 0.224. The van der Waals surface area contributed by atoms with Crippen LogP contribution in [0.5, 0.6) is 0 Å². The summed E-state index contributed by atoms with van der Waals surface area (Å²) in [7, 11) is 1.14. The van der Waals surface area contributed by atoms with Crippen LogP contribution in [0.3, 0.4) is 0 Å². The molecule has 5 heavy (non-hydrogen) atoms. The van der Waals surface area contributed by atoms with Gasteiger partial charge in [0.05, 0.1) is 0 Å². The minimum atomic E-state index is 0. The summed E-state index contributed by atoms with van der Waals surface area (Å²) in [4.78, 5) is 0. The molecule has 0 spiro atoms. The van der Waals surface area contributed by atoms with Crippen LogP contribution in [0.15, 0.2) is 0 Å². The molecule has 0 bridgehead atoms. The van der Waals surface area contributed by atoms with Crippen LogP contribution in [-0.2, 0) is 26.2 Å². The van der Waals surface area contributed by atoms with Crippen LogP contribution in [0.2, 0.25) is 6.04 Å². The summed E-state index contributed by atoms with van der Waals surface area (Å²) < 4.78 is 0. The summed E-state index contributed by atoms with van der Waals surface area (Å²) in [5, 5.41) is 7.91. The SMILES string of the molecule is OCC[SiH3].[Zr]. The van der Waals surface area contributed by atoms with Gasteiger partial charge in [-0.15, -0.1) is 0 Å². The summed E-state index contributed by atoms with van der Waals surface area (Å²) in [6, 6.07) is 1.01. The first-order valence-electron chi connectivity index (χ1n) is 1.52. The van der Waals surface area contributed by atoms with Gasteiger partial charge in [0.25, 0.3) is 0 Å². The topological polar surface area (TPSA) is 20.2 Å². The van der Waals surface area contributed by atoms with Crippen LogP contribution < -0.4 is 0 Å². The molecule has 0 aromatic carbocycles. The molecule has 3 heteroatoms. The number of aliphatic hydroxyl groups is 1. The number of hydrogen-bond acceptors (Lipinski definition) is 1. The van der Waals surface area contributed by atoms with E-state index >= 15 is 0 Å². The Balaban J connectivity index is 0. The number of rotatable bonds is 1. The van der Waals surface area contributed by atoms with E-state index in [1.165, 1.54) is 0 Å². The molecular formula is C2H8OSiZr. The molecule has 0 heterocycles. The van der Waals surface area contributed by atoms with Crippen molar-refractivity contribution >= 4 is 10.2 Å². The molecule has 0 saturated heterocycles. The largest absolute Gasteiger partial charge is 0.397 e. The van der Waals surface area contributed by atoms with Crippen molar-refractivity contribution in [2.24, 2.45) is 0 Å². The van der Waals surface area contributed by atoms with Crippen molar-refractivity contribution in [3.63, 3.8) is 0 Å². The second kappa shape index (κ2) is 8.91. The van der Waals surface area contributed by atoms with Crippen molar-refractivity contribution < 1.29 is 31.3 Å². The second-order valence-corrected chi connectivity index (χ2v) is 1.72. The monoisotopic (exact) mass is 166 g/mol. The quantitative estimate of drug-likeness (QED) is 0.485. The Morgan fingerprint density at radius 1 is 1.60 bits per heavy atom. The van der Waals surface area contributed by atoms with E-state index in [-0.39, 0.29) is 26.2 Å². The summed E-state index contributed by atoms with van der Waals surface area (Å²) >= 11 is 0. The zero-order valence-corrected chi connectivity index (χ0v) is 7.82. The van der Waals surface area contributed by atoms with E-state index in [9.17, 15) is 0 Å². The van der Waals surface area contributed by atoms with E-state index < -0.39 is 0 Å². The van der Waals surface area contributed by atoms with Crippen LogP contribution in [-0.4, -0.2) is 22.0 Å². The van der Waals surface area contributed by atoms with Crippen LogP contribution >= 0.6 is 0 Å². The maximum Gasteiger partial charge on any atom is 0.0399 e. The van der Waals surface area contributed by atoms with Crippen LogP contribution in [0.1, 0.15) is 0 Å². The molecule has 0 aromatic heterocycles. The number of hydrogen-bond donors (Lipinski definition) is 1. The van der Waals surface area contributed by atoms with E-state index in [2.05, 4.69) is 0 Å². The normalized spacial score (nSPS) is 6.60. The van der Waals surface area contributed by atoms with Crippen LogP contribution in [0.25, 0.3) is 0 Å². The zero-order valence-electron chi connectivity index (χ0n) is 3.36. The molecule has 0 aliphatic rings. The Labute approximate surface area is 54.3 Å². The van der Waals surface area contributed by atoms with E-state index in [0.29, 0.717) is 6.61 Å². The predicted molar refractivity (Wildman–Crippen MR) is 21.8 cm³/mol. The van der Waals surface area contributed by atoms with Crippen molar-refractivity contribution in [2.75, 3.05) is 6.61 Å². The summed E-state index contributed by atoms with van der Waals surface area (Å²) in [5.41, 5.74) is 0. The first kappa shape index (κ1) is 9.41. The van der Waals surface area contributed by atoms with Crippen molar-refractivity contribution in [2.45, 2.75) is 6.04 Å². The summed E-state index contributed by atoms with van der Waals surface area (Å²) in [6.07, 6.45) is 0. The molecule has 1 nitrogen and oxygen atoms in total. The average molecular weight is 167 g/mol. The molecule has 0 atom stereocenters. The maximum absolute atomic E-state index is 7.91. The molecule has 1 N–H and O–H groups in total. The van der Waals surface area contributed by atoms with E-state index in [1.807, 2.05) is 0 Å². The Bertz CT molecular complexity index is 11.6. The van der Waals surface area contributed by atoms with Crippen LogP contribution in [0.4, 0.5) is 0 Å². The Morgan fingerprint density at radius 2 is 1.80 bits per heavy atom.